The van der Waals surface area contributed by atoms with Crippen LogP contribution in [0.15, 0.2) is 4.99 Å². The zero-order chi connectivity index (χ0) is 16.7. The third-order valence-corrected chi connectivity index (χ3v) is 6.63. The van der Waals surface area contributed by atoms with Crippen molar-refractivity contribution >= 4 is 39.8 Å². The lowest BCUT2D eigenvalue weighted by Crippen LogP contribution is -2.44. The van der Waals surface area contributed by atoms with Gasteiger partial charge in [0, 0.05) is 19.6 Å². The summed E-state index contributed by atoms with van der Waals surface area (Å²) in [5.74, 6) is 2.12. The number of hydrogen-bond acceptors (Lipinski definition) is 4. The average Bonchev–Trinajstić information content (AvgIpc) is 2.86. The Kier molecular flexibility index (Phi) is 9.88. The number of guanidine groups is 1. The van der Waals surface area contributed by atoms with Gasteiger partial charge in [0.25, 0.3) is 0 Å². The summed E-state index contributed by atoms with van der Waals surface area (Å²) in [5.41, 5.74) is 0. The summed E-state index contributed by atoms with van der Waals surface area (Å²) in [5, 5.41) is 6.51. The zero-order valence-electron chi connectivity index (χ0n) is 15.0. The standard InChI is InChI=1S/C16H32N4O2S.HI/c1-14-5-10-20(11-6-14)9-4-3-8-18-16(17-2)19-15-7-12-23(21,22)13-15;/h14-15H,3-13H2,1-2H3,(H2,17,18,19);1H. The molecule has 1 atom stereocenters. The molecule has 0 aromatic rings. The second-order valence-electron chi connectivity index (χ2n) is 6.97. The molecule has 1 unspecified atom stereocenters. The quantitative estimate of drug-likeness (QED) is 0.265. The second-order valence-corrected chi connectivity index (χ2v) is 9.20. The Morgan fingerprint density at radius 3 is 2.50 bits per heavy atom. The Morgan fingerprint density at radius 2 is 1.92 bits per heavy atom. The molecule has 0 aliphatic carbocycles. The van der Waals surface area contributed by atoms with Gasteiger partial charge in [0.15, 0.2) is 15.8 Å². The Bertz CT molecular complexity index is 490. The van der Waals surface area contributed by atoms with Crippen LogP contribution in [0.5, 0.6) is 0 Å². The van der Waals surface area contributed by atoms with Gasteiger partial charge < -0.3 is 15.5 Å². The van der Waals surface area contributed by atoms with Crippen molar-refractivity contribution in [3.8, 4) is 0 Å². The van der Waals surface area contributed by atoms with Crippen molar-refractivity contribution in [2.24, 2.45) is 10.9 Å². The van der Waals surface area contributed by atoms with Gasteiger partial charge in [0.1, 0.15) is 0 Å². The summed E-state index contributed by atoms with van der Waals surface area (Å²) < 4.78 is 23.0. The Labute approximate surface area is 164 Å². The lowest BCUT2D eigenvalue weighted by atomic mass is 9.99. The number of nitrogens with one attached hydrogen (secondary N) is 2. The topological polar surface area (TPSA) is 73.8 Å². The normalized spacial score (nSPS) is 25.2. The van der Waals surface area contributed by atoms with Gasteiger partial charge in [0.05, 0.1) is 11.5 Å². The molecular formula is C16H33IN4O2S. The molecule has 0 saturated carbocycles. The van der Waals surface area contributed by atoms with Crippen molar-refractivity contribution in [2.45, 2.75) is 45.1 Å². The van der Waals surface area contributed by atoms with E-state index in [2.05, 4.69) is 27.4 Å². The van der Waals surface area contributed by atoms with Gasteiger partial charge in [-0.1, -0.05) is 6.92 Å². The first-order chi connectivity index (χ1) is 11.0. The zero-order valence-corrected chi connectivity index (χ0v) is 18.1. The number of unbranched alkanes of at least 4 members (excludes halogenated alkanes) is 1. The average molecular weight is 472 g/mol. The van der Waals surface area contributed by atoms with Crippen LogP contribution in [0.4, 0.5) is 0 Å². The first kappa shape index (κ1) is 22.0. The molecule has 2 heterocycles. The number of sulfone groups is 1. The fraction of sp³-hybridized carbons (Fsp3) is 0.938. The van der Waals surface area contributed by atoms with E-state index in [0.717, 1.165) is 24.8 Å². The lowest BCUT2D eigenvalue weighted by molar-refractivity contribution is 0.189. The van der Waals surface area contributed by atoms with Gasteiger partial charge in [-0.25, -0.2) is 8.42 Å². The van der Waals surface area contributed by atoms with E-state index in [9.17, 15) is 8.42 Å². The summed E-state index contributed by atoms with van der Waals surface area (Å²) in [6.07, 6.45) is 5.64. The van der Waals surface area contributed by atoms with E-state index in [-0.39, 0.29) is 41.5 Å². The highest BCUT2D eigenvalue weighted by atomic mass is 127. The van der Waals surface area contributed by atoms with Crippen molar-refractivity contribution in [3.05, 3.63) is 0 Å². The van der Waals surface area contributed by atoms with E-state index in [1.807, 2.05) is 0 Å². The van der Waals surface area contributed by atoms with Crippen LogP contribution in [0, 0.1) is 5.92 Å². The van der Waals surface area contributed by atoms with Crippen LogP contribution in [0.1, 0.15) is 39.0 Å². The van der Waals surface area contributed by atoms with E-state index in [4.69, 9.17) is 0 Å². The molecule has 0 bridgehead atoms. The molecule has 6 nitrogen and oxygen atoms in total. The van der Waals surface area contributed by atoms with Gasteiger partial charge in [-0.3, -0.25) is 4.99 Å². The molecule has 0 aromatic heterocycles. The fourth-order valence-electron chi connectivity index (χ4n) is 3.25. The third kappa shape index (κ3) is 7.86. The van der Waals surface area contributed by atoms with Crippen LogP contribution in [-0.4, -0.2) is 70.1 Å². The molecule has 2 saturated heterocycles. The fourth-order valence-corrected chi connectivity index (χ4v) is 4.92. The molecule has 0 amide bonds. The first-order valence-corrected chi connectivity index (χ1v) is 10.7. The van der Waals surface area contributed by atoms with Crippen LogP contribution in [0.2, 0.25) is 0 Å². The maximum atomic E-state index is 11.5. The van der Waals surface area contributed by atoms with Crippen molar-refractivity contribution in [1.29, 1.82) is 0 Å². The van der Waals surface area contributed by atoms with Gasteiger partial charge in [-0.05, 0) is 57.7 Å². The van der Waals surface area contributed by atoms with Gasteiger partial charge >= 0.3 is 0 Å². The molecule has 2 rings (SSSR count). The molecule has 2 aliphatic rings. The Hall–Kier alpha value is -0.0900. The SMILES string of the molecule is CN=C(NCCCCN1CCC(C)CC1)NC1CCS(=O)(=O)C1.I. The number of aliphatic imine (C=N–C) groups is 1. The maximum absolute atomic E-state index is 11.5. The Morgan fingerprint density at radius 1 is 1.21 bits per heavy atom. The lowest BCUT2D eigenvalue weighted by Gasteiger charge is -2.30. The minimum absolute atomic E-state index is 0. The molecule has 24 heavy (non-hydrogen) atoms. The summed E-state index contributed by atoms with van der Waals surface area (Å²) >= 11 is 0. The highest BCUT2D eigenvalue weighted by Gasteiger charge is 2.28. The number of rotatable bonds is 6. The monoisotopic (exact) mass is 472 g/mol. The number of piperidine rings is 1. The highest BCUT2D eigenvalue weighted by Crippen LogP contribution is 2.16. The molecule has 8 heteroatoms. The minimum atomic E-state index is -2.85. The predicted molar refractivity (Wildman–Crippen MR) is 111 cm³/mol. The maximum Gasteiger partial charge on any atom is 0.191 e. The predicted octanol–water partition coefficient (Wildman–Crippen LogP) is 1.47. The molecular weight excluding hydrogens is 439 g/mol. The molecule has 2 aliphatic heterocycles. The molecule has 2 N–H and O–H groups in total. The van der Waals surface area contributed by atoms with Crippen LogP contribution in [0.25, 0.3) is 0 Å². The van der Waals surface area contributed by atoms with E-state index in [0.29, 0.717) is 6.42 Å². The summed E-state index contributed by atoms with van der Waals surface area (Å²) in [6, 6.07) is 0.00143. The number of hydrogen-bond donors (Lipinski definition) is 2. The second kappa shape index (κ2) is 10.8. The summed E-state index contributed by atoms with van der Waals surface area (Å²) in [4.78, 5) is 6.75. The van der Waals surface area contributed by atoms with E-state index >= 15 is 0 Å². The van der Waals surface area contributed by atoms with Crippen LogP contribution >= 0.6 is 24.0 Å². The van der Waals surface area contributed by atoms with E-state index < -0.39 is 9.84 Å². The van der Waals surface area contributed by atoms with Crippen LogP contribution in [0.3, 0.4) is 0 Å². The van der Waals surface area contributed by atoms with Crippen molar-refractivity contribution in [3.63, 3.8) is 0 Å². The molecule has 2 fully saturated rings. The number of nitrogens with zero attached hydrogens (tertiary/aromatic N) is 2. The highest BCUT2D eigenvalue weighted by molar-refractivity contribution is 14.0. The summed E-state index contributed by atoms with van der Waals surface area (Å²) in [6.45, 7) is 6.89. The smallest absolute Gasteiger partial charge is 0.191 e. The Balaban J connectivity index is 0.00000288. The van der Waals surface area contributed by atoms with Gasteiger partial charge in [-0.15, -0.1) is 24.0 Å². The van der Waals surface area contributed by atoms with E-state index in [1.165, 1.54) is 38.9 Å². The van der Waals surface area contributed by atoms with E-state index in [1.54, 1.807) is 7.05 Å². The molecule has 0 spiro atoms. The number of halogens is 1. The minimum Gasteiger partial charge on any atom is -0.356 e. The van der Waals surface area contributed by atoms with Crippen molar-refractivity contribution in [1.82, 2.24) is 15.5 Å². The summed E-state index contributed by atoms with van der Waals surface area (Å²) in [7, 11) is -1.12. The van der Waals surface area contributed by atoms with Gasteiger partial charge in [-0.2, -0.15) is 0 Å². The van der Waals surface area contributed by atoms with Crippen LogP contribution < -0.4 is 10.6 Å². The third-order valence-electron chi connectivity index (χ3n) is 4.87. The molecule has 142 valence electrons. The first-order valence-electron chi connectivity index (χ1n) is 8.88. The largest absolute Gasteiger partial charge is 0.356 e. The van der Waals surface area contributed by atoms with Crippen molar-refractivity contribution < 1.29 is 8.42 Å². The molecule has 0 radical (unpaired) electrons. The van der Waals surface area contributed by atoms with Crippen molar-refractivity contribution in [2.75, 3.05) is 44.7 Å². The van der Waals surface area contributed by atoms with Gasteiger partial charge in [0.2, 0.25) is 0 Å². The number of likely N-dealkylation sites (tertiary alicyclic amines) is 1. The van der Waals surface area contributed by atoms with Crippen LogP contribution in [-0.2, 0) is 9.84 Å². The molecule has 0 aromatic carbocycles.